The van der Waals surface area contributed by atoms with Crippen LogP contribution in [0.2, 0.25) is 8.26 Å². The van der Waals surface area contributed by atoms with Crippen LogP contribution in [0, 0.1) is 5.41 Å². The first-order chi connectivity index (χ1) is 7.64. The van der Waals surface area contributed by atoms with Crippen molar-refractivity contribution in [2.45, 2.75) is 62.3 Å². The Hall–Kier alpha value is 0.743. The second-order valence-corrected chi connectivity index (χ2v) is 13.8. The van der Waals surface area contributed by atoms with E-state index in [9.17, 15) is 0 Å². The first-order valence-electron chi connectivity index (χ1n) is 6.71. The predicted molar refractivity (Wildman–Crippen MR) is 71.7 cm³/mol. The summed E-state index contributed by atoms with van der Waals surface area (Å²) in [4.78, 5) is 0. The standard InChI is InChI=1S/C13H22N.C2H4.2ClH.Zr/c1-9-8-11(14-12(3,4)5)13(6,7)10(9)2;1-2;;;/h14H,1-7H3;1-2H2;2*1H;/q;;;;+2/p-2. The Morgan fingerprint density at radius 1 is 1.05 bits per heavy atom. The van der Waals surface area contributed by atoms with Crippen molar-refractivity contribution in [2.75, 3.05) is 0 Å². The molecule has 1 N–H and O–H groups in total. The molecular weight excluding hydrogens is 356 g/mol. The molecule has 0 saturated carbocycles. The molecule has 2 rings (SSSR count). The summed E-state index contributed by atoms with van der Waals surface area (Å²) in [6.45, 7) is 16.3. The van der Waals surface area contributed by atoms with Crippen molar-refractivity contribution < 1.29 is 46.6 Å². The number of rotatable bonds is 2. The summed E-state index contributed by atoms with van der Waals surface area (Å²) in [6.07, 6.45) is 0. The third kappa shape index (κ3) is 3.89. The molecule has 1 saturated heterocycles. The van der Waals surface area contributed by atoms with Gasteiger partial charge >= 0.3 is 115 Å². The van der Waals surface area contributed by atoms with Crippen LogP contribution in [0.3, 0.4) is 0 Å². The average Bonchev–Trinajstić information content (AvgIpc) is 2.94. The van der Waals surface area contributed by atoms with Crippen molar-refractivity contribution in [1.82, 2.24) is 5.32 Å². The summed E-state index contributed by atoms with van der Waals surface area (Å²) in [5, 5.41) is 3.83. The van der Waals surface area contributed by atoms with Crippen LogP contribution in [0.15, 0.2) is 20.1 Å². The van der Waals surface area contributed by atoms with Crippen LogP contribution < -0.4 is 30.1 Å². The van der Waals surface area contributed by atoms with Gasteiger partial charge in [0.2, 0.25) is 0 Å². The first-order valence-corrected chi connectivity index (χ1v) is 11.4. The van der Waals surface area contributed by atoms with Crippen LogP contribution >= 0.6 is 0 Å². The maximum atomic E-state index is 3.83. The molecule has 109 valence electrons. The van der Waals surface area contributed by atoms with E-state index in [-0.39, 0.29) is 35.8 Å². The normalized spacial score (nSPS) is 21.1. The van der Waals surface area contributed by atoms with Crippen molar-refractivity contribution >= 4 is 0 Å². The van der Waals surface area contributed by atoms with Gasteiger partial charge in [-0.1, -0.05) is 0 Å². The SMILES string of the molecule is CC1=C(C)C(C)(C)C(NC(C)(C)C)=[C]1[Zr+2]1[CH2][CH2]1.[Cl-].[Cl-]. The third-order valence-corrected chi connectivity index (χ3v) is 9.84. The third-order valence-electron chi connectivity index (χ3n) is 4.10. The van der Waals surface area contributed by atoms with Crippen LogP contribution in [0.1, 0.15) is 48.5 Å². The Balaban J connectivity index is 0.00000162. The van der Waals surface area contributed by atoms with E-state index in [4.69, 9.17) is 0 Å². The molecule has 0 unspecified atom stereocenters. The maximum absolute atomic E-state index is 3.83. The van der Waals surface area contributed by atoms with E-state index in [1.165, 1.54) is 0 Å². The van der Waals surface area contributed by atoms with Crippen LogP contribution in [0.25, 0.3) is 0 Å². The van der Waals surface area contributed by atoms with Gasteiger partial charge in [-0.15, -0.1) is 0 Å². The van der Waals surface area contributed by atoms with Crippen molar-refractivity contribution in [3.63, 3.8) is 0 Å². The molecular formula is C15H26Cl2NZr. The zero-order valence-electron chi connectivity index (χ0n) is 13.2. The Bertz CT molecular complexity index is 412. The summed E-state index contributed by atoms with van der Waals surface area (Å²) < 4.78 is 4.98. The van der Waals surface area contributed by atoms with Gasteiger partial charge in [-0.2, -0.15) is 0 Å². The largest absolute Gasteiger partial charge is 1.00 e. The molecule has 4 heteroatoms. The average molecular weight is 383 g/mol. The van der Waals surface area contributed by atoms with E-state index < -0.39 is 21.8 Å². The topological polar surface area (TPSA) is 12.0 Å². The second-order valence-electron chi connectivity index (χ2n) is 7.10. The molecule has 0 atom stereocenters. The van der Waals surface area contributed by atoms with Crippen molar-refractivity contribution in [1.29, 1.82) is 0 Å². The summed E-state index contributed by atoms with van der Waals surface area (Å²) in [7, 11) is 0. The van der Waals surface area contributed by atoms with Crippen LogP contribution in [-0.4, -0.2) is 5.54 Å². The zero-order valence-corrected chi connectivity index (χ0v) is 17.1. The summed E-state index contributed by atoms with van der Waals surface area (Å²) in [5.41, 5.74) is 5.23. The number of halogens is 2. The van der Waals surface area contributed by atoms with Gasteiger partial charge in [-0.25, -0.2) is 0 Å². The van der Waals surface area contributed by atoms with E-state index in [1.807, 2.05) is 3.28 Å². The minimum atomic E-state index is -1.11. The fraction of sp³-hybridized carbons (Fsp3) is 0.733. The molecule has 1 nitrogen and oxygen atoms in total. The van der Waals surface area contributed by atoms with Gasteiger partial charge in [0.1, 0.15) is 0 Å². The second kappa shape index (κ2) is 6.24. The molecule has 1 heterocycles. The van der Waals surface area contributed by atoms with Gasteiger partial charge in [0.15, 0.2) is 0 Å². The maximum Gasteiger partial charge on any atom is -1.00 e. The van der Waals surface area contributed by atoms with Gasteiger partial charge in [0.05, 0.1) is 0 Å². The molecule has 0 aromatic rings. The van der Waals surface area contributed by atoms with E-state index in [1.54, 1.807) is 25.1 Å². The van der Waals surface area contributed by atoms with E-state index in [0.29, 0.717) is 0 Å². The quantitative estimate of drug-likeness (QED) is 0.609. The van der Waals surface area contributed by atoms with Crippen molar-refractivity contribution in [2.24, 2.45) is 5.41 Å². The van der Waals surface area contributed by atoms with Crippen LogP contribution in [0.5, 0.6) is 0 Å². The molecule has 1 aliphatic heterocycles. The number of hydrogen-bond donors (Lipinski definition) is 1. The monoisotopic (exact) mass is 380 g/mol. The molecule has 1 fully saturated rings. The van der Waals surface area contributed by atoms with Crippen LogP contribution in [-0.2, 0) is 21.8 Å². The molecule has 0 bridgehead atoms. The molecule has 0 radical (unpaired) electrons. The Morgan fingerprint density at radius 2 is 1.53 bits per heavy atom. The first kappa shape index (κ1) is 19.7. The van der Waals surface area contributed by atoms with Crippen molar-refractivity contribution in [3.05, 3.63) is 20.1 Å². The predicted octanol–water partition coefficient (Wildman–Crippen LogP) is -1.56. The summed E-state index contributed by atoms with van der Waals surface area (Å²) >= 11 is -1.11. The van der Waals surface area contributed by atoms with Gasteiger partial charge in [0.25, 0.3) is 0 Å². The Morgan fingerprint density at radius 3 is 1.89 bits per heavy atom. The van der Waals surface area contributed by atoms with Gasteiger partial charge in [-0.3, -0.25) is 0 Å². The Kier molecular flexibility index (Phi) is 6.49. The number of hydrogen-bond acceptors (Lipinski definition) is 1. The molecule has 0 aromatic carbocycles. The number of allylic oxidation sites excluding steroid dienone is 3. The van der Waals surface area contributed by atoms with Gasteiger partial charge in [-0.05, 0) is 0 Å². The molecule has 0 amide bonds. The smallest absolute Gasteiger partial charge is 1.00 e. The molecule has 0 spiro atoms. The molecule has 1 aliphatic carbocycles. The molecule has 0 aromatic heterocycles. The fourth-order valence-corrected chi connectivity index (χ4v) is 9.60. The summed E-state index contributed by atoms with van der Waals surface area (Å²) in [5.74, 6) is 0. The van der Waals surface area contributed by atoms with E-state index in [2.05, 4.69) is 53.8 Å². The minimum absolute atomic E-state index is 0. The summed E-state index contributed by atoms with van der Waals surface area (Å²) in [6, 6.07) is 0. The number of nitrogens with one attached hydrogen (secondary N) is 1. The Labute approximate surface area is 139 Å². The molecule has 19 heavy (non-hydrogen) atoms. The zero-order chi connectivity index (χ0) is 13.0. The minimum Gasteiger partial charge on any atom is -1.00 e. The van der Waals surface area contributed by atoms with Crippen LogP contribution in [0.4, 0.5) is 0 Å². The van der Waals surface area contributed by atoms with Gasteiger partial charge in [0, 0.05) is 0 Å². The van der Waals surface area contributed by atoms with E-state index in [0.717, 1.165) is 0 Å². The fourth-order valence-electron chi connectivity index (χ4n) is 2.69. The van der Waals surface area contributed by atoms with E-state index >= 15 is 0 Å². The van der Waals surface area contributed by atoms with Crippen molar-refractivity contribution in [3.8, 4) is 0 Å². The van der Waals surface area contributed by atoms with Gasteiger partial charge < -0.3 is 24.8 Å². The molecule has 2 aliphatic rings.